The third-order valence-corrected chi connectivity index (χ3v) is 2.56. The van der Waals surface area contributed by atoms with E-state index in [1.54, 1.807) is 26.2 Å². The van der Waals surface area contributed by atoms with Gasteiger partial charge in [0.05, 0.1) is 11.1 Å². The Morgan fingerprint density at radius 1 is 1.39 bits per heavy atom. The van der Waals surface area contributed by atoms with Crippen molar-refractivity contribution in [1.29, 1.82) is 0 Å². The lowest BCUT2D eigenvalue weighted by molar-refractivity contribution is -0.129. The summed E-state index contributed by atoms with van der Waals surface area (Å²) in [6, 6.07) is 4.74. The number of fused-ring (bicyclic) bond motifs is 1. The molecule has 0 atom stereocenters. The fourth-order valence-corrected chi connectivity index (χ4v) is 1.55. The fourth-order valence-electron chi connectivity index (χ4n) is 1.55. The summed E-state index contributed by atoms with van der Waals surface area (Å²) in [6.07, 6.45) is 0. The van der Waals surface area contributed by atoms with Crippen molar-refractivity contribution in [2.75, 3.05) is 14.1 Å². The third kappa shape index (κ3) is 2.02. The minimum absolute atomic E-state index is 0.0343. The number of carbonyl (C=O) groups is 2. The van der Waals surface area contributed by atoms with E-state index in [0.717, 1.165) is 0 Å². The van der Waals surface area contributed by atoms with Crippen LogP contribution in [-0.4, -0.2) is 51.0 Å². The Balaban J connectivity index is 2.46. The molecular weight excluding hydrogens is 236 g/mol. The number of rotatable bonds is 3. The molecular formula is C11H12N4O3. The second-order valence-corrected chi connectivity index (χ2v) is 4.01. The Labute approximate surface area is 103 Å². The molecule has 1 aromatic heterocycles. The highest BCUT2D eigenvalue weighted by atomic mass is 16.4. The molecule has 1 heterocycles. The molecule has 1 N–H and O–H groups in total. The summed E-state index contributed by atoms with van der Waals surface area (Å²) >= 11 is 0. The predicted octanol–water partition coefficient (Wildman–Crippen LogP) is 0.218. The molecule has 0 aliphatic carbocycles. The molecule has 7 heteroatoms. The molecule has 0 saturated heterocycles. The number of carboxylic acid groups (broad SMARTS) is 1. The first-order chi connectivity index (χ1) is 8.50. The van der Waals surface area contributed by atoms with E-state index in [9.17, 15) is 9.59 Å². The molecule has 2 rings (SSSR count). The van der Waals surface area contributed by atoms with Crippen molar-refractivity contribution in [3.05, 3.63) is 23.8 Å². The zero-order chi connectivity index (χ0) is 13.3. The van der Waals surface area contributed by atoms with Crippen LogP contribution in [0, 0.1) is 0 Å². The number of amides is 1. The summed E-state index contributed by atoms with van der Waals surface area (Å²) in [5.74, 6) is -1.20. The summed E-state index contributed by atoms with van der Waals surface area (Å²) < 4.78 is 1.39. The summed E-state index contributed by atoms with van der Waals surface area (Å²) in [5.41, 5.74) is 0.901. The van der Waals surface area contributed by atoms with E-state index in [2.05, 4.69) is 10.3 Å². The maximum atomic E-state index is 11.6. The Morgan fingerprint density at radius 2 is 2.11 bits per heavy atom. The second kappa shape index (κ2) is 4.44. The first kappa shape index (κ1) is 12.0. The molecule has 0 fully saturated rings. The second-order valence-electron chi connectivity index (χ2n) is 4.01. The van der Waals surface area contributed by atoms with E-state index in [0.29, 0.717) is 5.52 Å². The number of hydrogen-bond donors (Lipinski definition) is 1. The Bertz CT molecular complexity index is 618. The van der Waals surface area contributed by atoms with Crippen LogP contribution < -0.4 is 0 Å². The van der Waals surface area contributed by atoms with Gasteiger partial charge in [-0.3, -0.25) is 4.79 Å². The first-order valence-electron chi connectivity index (χ1n) is 5.26. The first-order valence-corrected chi connectivity index (χ1v) is 5.26. The standard InChI is InChI=1S/C11H12N4O3/c1-14(2)9(16)6-15-8-5-3-4-7(11(17)18)10(8)12-13-15/h3-5H,6H2,1-2H3,(H,17,18). The Hall–Kier alpha value is -2.44. The van der Waals surface area contributed by atoms with Gasteiger partial charge in [0.1, 0.15) is 12.1 Å². The molecule has 7 nitrogen and oxygen atoms in total. The van der Waals surface area contributed by atoms with Crippen LogP contribution in [0.2, 0.25) is 0 Å². The van der Waals surface area contributed by atoms with Gasteiger partial charge in [0.25, 0.3) is 0 Å². The van der Waals surface area contributed by atoms with Crippen molar-refractivity contribution in [2.24, 2.45) is 0 Å². The zero-order valence-corrected chi connectivity index (χ0v) is 9.99. The Kier molecular flexibility index (Phi) is 2.97. The normalized spacial score (nSPS) is 10.6. The molecule has 0 saturated carbocycles. The summed E-state index contributed by atoms with van der Waals surface area (Å²) in [5, 5.41) is 16.6. The molecule has 0 spiro atoms. The number of nitrogens with zero attached hydrogens (tertiary/aromatic N) is 4. The van der Waals surface area contributed by atoms with Crippen LogP contribution in [0.25, 0.3) is 11.0 Å². The number of aromatic carboxylic acids is 1. The lowest BCUT2D eigenvalue weighted by Crippen LogP contribution is -2.26. The zero-order valence-electron chi connectivity index (χ0n) is 9.99. The smallest absolute Gasteiger partial charge is 0.338 e. The molecule has 0 aliphatic rings. The highest BCUT2D eigenvalue weighted by Crippen LogP contribution is 2.16. The lowest BCUT2D eigenvalue weighted by Gasteiger charge is -2.09. The number of hydrogen-bond acceptors (Lipinski definition) is 4. The minimum atomic E-state index is -1.06. The van der Waals surface area contributed by atoms with Crippen LogP contribution in [0.4, 0.5) is 0 Å². The molecule has 94 valence electrons. The van der Waals surface area contributed by atoms with E-state index < -0.39 is 5.97 Å². The van der Waals surface area contributed by atoms with Crippen LogP contribution >= 0.6 is 0 Å². The van der Waals surface area contributed by atoms with Crippen molar-refractivity contribution >= 4 is 22.9 Å². The highest BCUT2D eigenvalue weighted by molar-refractivity contribution is 6.00. The number of aromatic nitrogens is 3. The molecule has 1 amide bonds. The molecule has 0 radical (unpaired) electrons. The van der Waals surface area contributed by atoms with Gasteiger partial charge in [-0.15, -0.1) is 5.10 Å². The van der Waals surface area contributed by atoms with Crippen molar-refractivity contribution in [3.63, 3.8) is 0 Å². The van der Waals surface area contributed by atoms with Gasteiger partial charge in [-0.05, 0) is 12.1 Å². The van der Waals surface area contributed by atoms with Crippen LogP contribution in [0.1, 0.15) is 10.4 Å². The van der Waals surface area contributed by atoms with E-state index in [4.69, 9.17) is 5.11 Å². The average Bonchev–Trinajstić information content (AvgIpc) is 2.72. The van der Waals surface area contributed by atoms with Crippen LogP contribution in [-0.2, 0) is 11.3 Å². The van der Waals surface area contributed by atoms with Crippen molar-refractivity contribution in [1.82, 2.24) is 19.9 Å². The van der Waals surface area contributed by atoms with Gasteiger partial charge in [0.2, 0.25) is 5.91 Å². The predicted molar refractivity (Wildman–Crippen MR) is 63.2 cm³/mol. The summed E-state index contributed by atoms with van der Waals surface area (Å²) in [4.78, 5) is 24.0. The van der Waals surface area contributed by atoms with Gasteiger partial charge in [0, 0.05) is 14.1 Å². The summed E-state index contributed by atoms with van der Waals surface area (Å²) in [7, 11) is 3.29. The van der Waals surface area contributed by atoms with Gasteiger partial charge >= 0.3 is 5.97 Å². The van der Waals surface area contributed by atoms with Crippen LogP contribution in [0.3, 0.4) is 0 Å². The molecule has 2 aromatic rings. The van der Waals surface area contributed by atoms with Gasteiger partial charge in [-0.25, -0.2) is 9.48 Å². The quantitative estimate of drug-likeness (QED) is 0.839. The number of benzene rings is 1. The lowest BCUT2D eigenvalue weighted by atomic mass is 10.2. The van der Waals surface area contributed by atoms with Crippen LogP contribution in [0.5, 0.6) is 0 Å². The van der Waals surface area contributed by atoms with Gasteiger partial charge in [-0.2, -0.15) is 0 Å². The SMILES string of the molecule is CN(C)C(=O)Cn1nnc2c(C(=O)O)cccc21. The number of carbonyl (C=O) groups excluding carboxylic acids is 1. The van der Waals surface area contributed by atoms with Gasteiger partial charge in [-0.1, -0.05) is 11.3 Å². The molecule has 0 bridgehead atoms. The Morgan fingerprint density at radius 3 is 2.72 bits per heavy atom. The maximum Gasteiger partial charge on any atom is 0.338 e. The third-order valence-electron chi connectivity index (χ3n) is 2.56. The highest BCUT2D eigenvalue weighted by Gasteiger charge is 2.15. The van der Waals surface area contributed by atoms with Crippen molar-refractivity contribution in [2.45, 2.75) is 6.54 Å². The molecule has 1 aromatic carbocycles. The van der Waals surface area contributed by atoms with Crippen molar-refractivity contribution < 1.29 is 14.7 Å². The molecule has 0 aliphatic heterocycles. The fraction of sp³-hybridized carbons (Fsp3) is 0.273. The monoisotopic (exact) mass is 248 g/mol. The molecule has 0 unspecified atom stereocenters. The van der Waals surface area contributed by atoms with E-state index >= 15 is 0 Å². The average molecular weight is 248 g/mol. The number of likely N-dealkylation sites (N-methyl/N-ethyl adjacent to an activating group) is 1. The van der Waals surface area contributed by atoms with Crippen molar-refractivity contribution in [3.8, 4) is 0 Å². The van der Waals surface area contributed by atoms with Gasteiger partial charge < -0.3 is 10.0 Å². The molecule has 18 heavy (non-hydrogen) atoms. The van der Waals surface area contributed by atoms with Gasteiger partial charge in [0.15, 0.2) is 0 Å². The van der Waals surface area contributed by atoms with E-state index in [1.165, 1.54) is 15.6 Å². The number of carboxylic acids is 1. The summed E-state index contributed by atoms with van der Waals surface area (Å²) in [6.45, 7) is 0.0343. The largest absolute Gasteiger partial charge is 0.478 e. The maximum absolute atomic E-state index is 11.6. The van der Waals surface area contributed by atoms with E-state index in [1.807, 2.05) is 0 Å². The topological polar surface area (TPSA) is 88.3 Å². The van der Waals surface area contributed by atoms with Crippen LogP contribution in [0.15, 0.2) is 18.2 Å². The minimum Gasteiger partial charge on any atom is -0.478 e. The van der Waals surface area contributed by atoms with E-state index in [-0.39, 0.29) is 23.5 Å².